The van der Waals surface area contributed by atoms with E-state index >= 15 is 0 Å². The van der Waals surface area contributed by atoms with Gasteiger partial charge in [0.15, 0.2) is 0 Å². The molecule has 1 aromatic carbocycles. The van der Waals surface area contributed by atoms with Crippen LogP contribution in [0, 0.1) is 0 Å². The first-order valence-electron chi connectivity index (χ1n) is 8.20. The van der Waals surface area contributed by atoms with Crippen molar-refractivity contribution < 1.29 is 14.3 Å². The van der Waals surface area contributed by atoms with Gasteiger partial charge in [-0.3, -0.25) is 9.78 Å². The van der Waals surface area contributed by atoms with Crippen LogP contribution >= 0.6 is 0 Å². The molecule has 0 saturated heterocycles. The lowest BCUT2D eigenvalue weighted by Crippen LogP contribution is -2.32. The van der Waals surface area contributed by atoms with Gasteiger partial charge in [0.05, 0.1) is 25.2 Å². The van der Waals surface area contributed by atoms with E-state index in [9.17, 15) is 9.59 Å². The summed E-state index contributed by atoms with van der Waals surface area (Å²) in [5.74, 6) is 0.171. The van der Waals surface area contributed by atoms with Crippen molar-refractivity contribution in [2.24, 2.45) is 0 Å². The topological polar surface area (TPSA) is 84.4 Å². The van der Waals surface area contributed by atoms with Crippen LogP contribution in [0.3, 0.4) is 0 Å². The standard InChI is InChI=1S/C19H22N4O3/c1-15(24)23(14-16-6-4-3-5-7-16)11-10-20-18-13-21-17(12-22-18)8-9-19(25)26-2/h3-9,12-13H,10-11,14H2,1-2H3,(H,20,22)/b9-8+. The number of carbonyl (C=O) groups excluding carboxylic acids is 2. The largest absolute Gasteiger partial charge is 0.466 e. The Morgan fingerprint density at radius 3 is 2.58 bits per heavy atom. The van der Waals surface area contributed by atoms with E-state index in [0.29, 0.717) is 31.1 Å². The summed E-state index contributed by atoms with van der Waals surface area (Å²) in [5.41, 5.74) is 1.64. The molecular weight excluding hydrogens is 332 g/mol. The number of anilines is 1. The number of amides is 1. The van der Waals surface area contributed by atoms with Crippen LogP contribution in [0.25, 0.3) is 6.08 Å². The molecule has 1 N–H and O–H groups in total. The number of methoxy groups -OCH3 is 1. The maximum absolute atomic E-state index is 11.8. The Kier molecular flexibility index (Phi) is 7.30. The molecule has 0 spiro atoms. The summed E-state index contributed by atoms with van der Waals surface area (Å²) >= 11 is 0. The molecule has 1 aromatic heterocycles. The van der Waals surface area contributed by atoms with E-state index in [2.05, 4.69) is 20.0 Å². The lowest BCUT2D eigenvalue weighted by Gasteiger charge is -2.21. The first kappa shape index (κ1) is 19.1. The monoisotopic (exact) mass is 354 g/mol. The third-order valence-corrected chi connectivity index (χ3v) is 3.61. The van der Waals surface area contributed by atoms with E-state index < -0.39 is 5.97 Å². The van der Waals surface area contributed by atoms with Gasteiger partial charge in [0, 0.05) is 32.6 Å². The Morgan fingerprint density at radius 1 is 1.19 bits per heavy atom. The van der Waals surface area contributed by atoms with Gasteiger partial charge < -0.3 is 15.0 Å². The number of carbonyl (C=O) groups is 2. The molecule has 0 radical (unpaired) electrons. The van der Waals surface area contributed by atoms with E-state index in [1.54, 1.807) is 24.2 Å². The second-order valence-corrected chi connectivity index (χ2v) is 5.54. The van der Waals surface area contributed by atoms with Crippen molar-refractivity contribution >= 4 is 23.8 Å². The Bertz CT molecular complexity index is 745. The molecule has 1 amide bonds. The molecule has 0 bridgehead atoms. The summed E-state index contributed by atoms with van der Waals surface area (Å²) in [6.07, 6.45) is 5.94. The van der Waals surface area contributed by atoms with Crippen LogP contribution in [0.4, 0.5) is 5.82 Å². The van der Waals surface area contributed by atoms with Gasteiger partial charge in [-0.2, -0.15) is 0 Å². The maximum Gasteiger partial charge on any atom is 0.330 e. The minimum Gasteiger partial charge on any atom is -0.466 e. The first-order valence-corrected chi connectivity index (χ1v) is 8.20. The molecule has 0 aliphatic rings. The molecule has 0 atom stereocenters. The smallest absolute Gasteiger partial charge is 0.330 e. The van der Waals surface area contributed by atoms with E-state index in [1.165, 1.54) is 19.3 Å². The molecule has 2 rings (SSSR count). The van der Waals surface area contributed by atoms with Crippen molar-refractivity contribution in [3.63, 3.8) is 0 Å². The van der Waals surface area contributed by atoms with Crippen molar-refractivity contribution in [2.75, 3.05) is 25.5 Å². The summed E-state index contributed by atoms with van der Waals surface area (Å²) < 4.78 is 4.51. The molecule has 1 heterocycles. The molecule has 7 heteroatoms. The summed E-state index contributed by atoms with van der Waals surface area (Å²) in [6.45, 7) is 3.24. The van der Waals surface area contributed by atoms with E-state index in [-0.39, 0.29) is 5.91 Å². The second-order valence-electron chi connectivity index (χ2n) is 5.54. The number of hydrogen-bond acceptors (Lipinski definition) is 6. The van der Waals surface area contributed by atoms with Gasteiger partial charge in [0.1, 0.15) is 5.82 Å². The van der Waals surface area contributed by atoms with Gasteiger partial charge in [-0.1, -0.05) is 30.3 Å². The summed E-state index contributed by atoms with van der Waals surface area (Å²) in [6, 6.07) is 9.85. The van der Waals surface area contributed by atoms with E-state index in [0.717, 1.165) is 5.56 Å². The Balaban J connectivity index is 1.84. The van der Waals surface area contributed by atoms with E-state index in [4.69, 9.17) is 0 Å². The van der Waals surface area contributed by atoms with Gasteiger partial charge in [0.25, 0.3) is 0 Å². The Labute approximate surface area is 152 Å². The van der Waals surface area contributed by atoms with Crippen molar-refractivity contribution in [1.29, 1.82) is 0 Å². The van der Waals surface area contributed by atoms with Crippen molar-refractivity contribution in [3.8, 4) is 0 Å². The van der Waals surface area contributed by atoms with Gasteiger partial charge in [-0.05, 0) is 11.6 Å². The highest BCUT2D eigenvalue weighted by Crippen LogP contribution is 2.06. The van der Waals surface area contributed by atoms with Gasteiger partial charge in [-0.15, -0.1) is 0 Å². The highest BCUT2D eigenvalue weighted by molar-refractivity contribution is 5.86. The molecule has 26 heavy (non-hydrogen) atoms. The second kappa shape index (κ2) is 9.93. The van der Waals surface area contributed by atoms with Crippen molar-refractivity contribution in [2.45, 2.75) is 13.5 Å². The number of benzene rings is 1. The van der Waals surface area contributed by atoms with Crippen LogP contribution in [0.5, 0.6) is 0 Å². The van der Waals surface area contributed by atoms with Crippen LogP contribution in [-0.4, -0.2) is 46.9 Å². The fourth-order valence-corrected chi connectivity index (χ4v) is 2.21. The maximum atomic E-state index is 11.8. The molecule has 0 saturated carbocycles. The molecule has 2 aromatic rings. The highest BCUT2D eigenvalue weighted by atomic mass is 16.5. The molecule has 0 unspecified atom stereocenters. The molecule has 0 aliphatic heterocycles. The zero-order valence-corrected chi connectivity index (χ0v) is 14.9. The summed E-state index contributed by atoms with van der Waals surface area (Å²) in [7, 11) is 1.31. The average molecular weight is 354 g/mol. The minimum atomic E-state index is -0.447. The molecule has 0 aliphatic carbocycles. The van der Waals surface area contributed by atoms with Crippen LogP contribution < -0.4 is 5.32 Å². The van der Waals surface area contributed by atoms with Crippen LogP contribution in [0.15, 0.2) is 48.8 Å². The van der Waals surface area contributed by atoms with E-state index in [1.807, 2.05) is 30.3 Å². The Morgan fingerprint density at radius 2 is 1.96 bits per heavy atom. The average Bonchev–Trinajstić information content (AvgIpc) is 2.67. The van der Waals surface area contributed by atoms with Gasteiger partial charge in [0.2, 0.25) is 5.91 Å². The number of hydrogen-bond donors (Lipinski definition) is 1. The zero-order chi connectivity index (χ0) is 18.8. The molecule has 7 nitrogen and oxygen atoms in total. The fraction of sp³-hybridized carbons (Fsp3) is 0.263. The predicted molar refractivity (Wildman–Crippen MR) is 99.1 cm³/mol. The molecule has 0 fully saturated rings. The van der Waals surface area contributed by atoms with Gasteiger partial charge >= 0.3 is 5.97 Å². The quantitative estimate of drug-likeness (QED) is 0.577. The first-order chi connectivity index (χ1) is 12.6. The number of nitrogens with one attached hydrogen (secondary N) is 1. The van der Waals surface area contributed by atoms with Crippen LogP contribution in [-0.2, 0) is 20.9 Å². The number of rotatable bonds is 8. The predicted octanol–water partition coefficient (Wildman–Crippen LogP) is 2.12. The summed E-state index contributed by atoms with van der Waals surface area (Å²) in [5, 5.41) is 3.14. The number of ether oxygens (including phenoxy) is 1. The fourth-order valence-electron chi connectivity index (χ4n) is 2.21. The lowest BCUT2D eigenvalue weighted by atomic mass is 10.2. The van der Waals surface area contributed by atoms with Crippen molar-refractivity contribution in [3.05, 3.63) is 60.1 Å². The molecular formula is C19H22N4O3. The minimum absolute atomic E-state index is 0.0185. The highest BCUT2D eigenvalue weighted by Gasteiger charge is 2.09. The van der Waals surface area contributed by atoms with Crippen molar-refractivity contribution in [1.82, 2.24) is 14.9 Å². The van der Waals surface area contributed by atoms with Crippen LogP contribution in [0.2, 0.25) is 0 Å². The normalized spacial score (nSPS) is 10.5. The third-order valence-electron chi connectivity index (χ3n) is 3.61. The van der Waals surface area contributed by atoms with Gasteiger partial charge in [-0.25, -0.2) is 9.78 Å². The molecule has 136 valence electrons. The number of aromatic nitrogens is 2. The number of esters is 1. The number of nitrogens with zero attached hydrogens (tertiary/aromatic N) is 3. The summed E-state index contributed by atoms with van der Waals surface area (Å²) in [4.78, 5) is 33.0. The van der Waals surface area contributed by atoms with Crippen LogP contribution in [0.1, 0.15) is 18.2 Å². The lowest BCUT2D eigenvalue weighted by molar-refractivity contribution is -0.134. The Hall–Kier alpha value is -3.22. The third kappa shape index (κ3) is 6.35. The zero-order valence-electron chi connectivity index (χ0n) is 14.9. The SMILES string of the molecule is COC(=O)/C=C/c1cnc(NCCN(Cc2ccccc2)C(C)=O)cn1.